The van der Waals surface area contributed by atoms with Crippen molar-refractivity contribution in [1.29, 1.82) is 0 Å². The SMILES string of the molecule is COc1c(C)cc(-c2cc(C(=O)O)nn2C)c(OC)c1Cl. The molecular formula is C14H15ClN2O4. The lowest BCUT2D eigenvalue weighted by Crippen LogP contribution is -2.00. The number of carbonyl (C=O) groups is 1. The first kappa shape index (κ1) is 15.2. The monoisotopic (exact) mass is 310 g/mol. The Labute approximate surface area is 126 Å². The number of ether oxygens (including phenoxy) is 2. The van der Waals surface area contributed by atoms with Crippen LogP contribution in [0.5, 0.6) is 11.5 Å². The minimum atomic E-state index is -1.09. The van der Waals surface area contributed by atoms with Crippen molar-refractivity contribution in [2.45, 2.75) is 6.92 Å². The van der Waals surface area contributed by atoms with Gasteiger partial charge in [-0.25, -0.2) is 4.79 Å². The van der Waals surface area contributed by atoms with Gasteiger partial charge in [0.05, 0.1) is 19.9 Å². The predicted molar refractivity (Wildman–Crippen MR) is 78.5 cm³/mol. The zero-order valence-electron chi connectivity index (χ0n) is 12.1. The van der Waals surface area contributed by atoms with Crippen molar-refractivity contribution in [3.05, 3.63) is 28.4 Å². The van der Waals surface area contributed by atoms with Crippen LogP contribution < -0.4 is 9.47 Å². The van der Waals surface area contributed by atoms with Gasteiger partial charge in [-0.1, -0.05) is 11.6 Å². The normalized spacial score (nSPS) is 10.5. The number of halogens is 1. The predicted octanol–water partition coefficient (Wildman–Crippen LogP) is 2.76. The molecule has 2 rings (SSSR count). The number of aryl methyl sites for hydroxylation is 2. The number of aromatic carboxylic acids is 1. The molecule has 0 atom stereocenters. The van der Waals surface area contributed by atoms with Gasteiger partial charge in [0.25, 0.3) is 0 Å². The van der Waals surface area contributed by atoms with E-state index in [4.69, 9.17) is 26.2 Å². The summed E-state index contributed by atoms with van der Waals surface area (Å²) in [6.07, 6.45) is 0. The summed E-state index contributed by atoms with van der Waals surface area (Å²) < 4.78 is 12.1. The van der Waals surface area contributed by atoms with Crippen LogP contribution in [0, 0.1) is 6.92 Å². The summed E-state index contributed by atoms with van der Waals surface area (Å²) in [6.45, 7) is 1.85. The van der Waals surface area contributed by atoms with Crippen LogP contribution in [-0.4, -0.2) is 35.1 Å². The number of aromatic nitrogens is 2. The molecule has 0 radical (unpaired) electrons. The minimum absolute atomic E-state index is 0.0425. The molecule has 7 heteroatoms. The van der Waals surface area contributed by atoms with Gasteiger partial charge in [-0.3, -0.25) is 4.68 Å². The van der Waals surface area contributed by atoms with Crippen LogP contribution >= 0.6 is 11.6 Å². The molecule has 1 aromatic carbocycles. The quantitative estimate of drug-likeness (QED) is 0.940. The third kappa shape index (κ3) is 2.54. The second-order valence-corrected chi connectivity index (χ2v) is 4.84. The average molecular weight is 311 g/mol. The summed E-state index contributed by atoms with van der Waals surface area (Å²) in [7, 11) is 4.68. The van der Waals surface area contributed by atoms with E-state index in [2.05, 4.69) is 5.10 Å². The summed E-state index contributed by atoms with van der Waals surface area (Å²) in [4.78, 5) is 11.0. The number of carboxylic acids is 1. The first-order valence-corrected chi connectivity index (χ1v) is 6.47. The van der Waals surface area contributed by atoms with Crippen molar-refractivity contribution >= 4 is 17.6 Å². The summed E-state index contributed by atoms with van der Waals surface area (Å²) in [5, 5.41) is 13.3. The van der Waals surface area contributed by atoms with Crippen molar-refractivity contribution in [3.63, 3.8) is 0 Å². The van der Waals surface area contributed by atoms with Crippen LogP contribution in [0.15, 0.2) is 12.1 Å². The molecule has 2 aromatic rings. The fraction of sp³-hybridized carbons (Fsp3) is 0.286. The molecule has 0 saturated heterocycles. The summed E-state index contributed by atoms with van der Waals surface area (Å²) in [6, 6.07) is 3.30. The minimum Gasteiger partial charge on any atom is -0.495 e. The number of rotatable bonds is 4. The lowest BCUT2D eigenvalue weighted by Gasteiger charge is -2.15. The summed E-state index contributed by atoms with van der Waals surface area (Å²) in [5.74, 6) is -0.149. The van der Waals surface area contributed by atoms with Crippen LogP contribution in [0.2, 0.25) is 5.02 Å². The van der Waals surface area contributed by atoms with E-state index in [1.165, 1.54) is 25.0 Å². The molecule has 1 heterocycles. The van der Waals surface area contributed by atoms with Gasteiger partial charge >= 0.3 is 5.97 Å². The number of nitrogens with zero attached hydrogens (tertiary/aromatic N) is 2. The van der Waals surface area contributed by atoms with Gasteiger partial charge < -0.3 is 14.6 Å². The number of benzene rings is 1. The molecule has 0 aliphatic rings. The second kappa shape index (κ2) is 5.65. The highest BCUT2D eigenvalue weighted by Crippen LogP contribution is 2.44. The Morgan fingerprint density at radius 2 is 1.90 bits per heavy atom. The third-order valence-corrected chi connectivity index (χ3v) is 3.49. The maximum absolute atomic E-state index is 11.0. The molecule has 112 valence electrons. The van der Waals surface area contributed by atoms with Gasteiger partial charge in [0.2, 0.25) is 0 Å². The highest BCUT2D eigenvalue weighted by molar-refractivity contribution is 6.34. The standard InChI is InChI=1S/C14H15ClN2O4/c1-7-5-8(13(21-4)11(15)12(7)20-3)10-6-9(14(18)19)16-17(10)2/h5-6H,1-4H3,(H,18,19). The smallest absolute Gasteiger partial charge is 0.356 e. The maximum Gasteiger partial charge on any atom is 0.356 e. The maximum atomic E-state index is 11.0. The molecule has 0 amide bonds. The molecule has 0 saturated carbocycles. The Hall–Kier alpha value is -2.21. The highest BCUT2D eigenvalue weighted by atomic mass is 35.5. The van der Waals surface area contributed by atoms with Gasteiger partial charge in [-0.05, 0) is 24.6 Å². The van der Waals surface area contributed by atoms with Crippen LogP contribution in [0.4, 0.5) is 0 Å². The van der Waals surface area contributed by atoms with Crippen LogP contribution in [-0.2, 0) is 7.05 Å². The van der Waals surface area contributed by atoms with Gasteiger partial charge in [0.15, 0.2) is 11.4 Å². The molecule has 1 N–H and O–H groups in total. The van der Waals surface area contributed by atoms with Crippen molar-refractivity contribution in [2.75, 3.05) is 14.2 Å². The first-order valence-electron chi connectivity index (χ1n) is 6.09. The Balaban J connectivity index is 2.72. The molecule has 0 aliphatic heterocycles. The number of hydrogen-bond acceptors (Lipinski definition) is 4. The number of hydrogen-bond donors (Lipinski definition) is 1. The van der Waals surface area contributed by atoms with E-state index in [1.807, 2.05) is 13.0 Å². The Bertz CT molecular complexity index is 709. The van der Waals surface area contributed by atoms with Gasteiger partial charge in [-0.15, -0.1) is 0 Å². The van der Waals surface area contributed by atoms with Crippen molar-refractivity contribution < 1.29 is 19.4 Å². The third-order valence-electron chi connectivity index (χ3n) is 3.15. The van der Waals surface area contributed by atoms with E-state index in [1.54, 1.807) is 7.05 Å². The number of carboxylic acid groups (broad SMARTS) is 1. The van der Waals surface area contributed by atoms with Crippen molar-refractivity contribution in [2.24, 2.45) is 7.05 Å². The van der Waals surface area contributed by atoms with E-state index in [0.29, 0.717) is 27.8 Å². The molecule has 1 aromatic heterocycles. The molecule has 0 fully saturated rings. The van der Waals surface area contributed by atoms with Crippen LogP contribution in [0.3, 0.4) is 0 Å². The molecule has 21 heavy (non-hydrogen) atoms. The second-order valence-electron chi connectivity index (χ2n) is 4.47. The fourth-order valence-electron chi connectivity index (χ4n) is 2.21. The topological polar surface area (TPSA) is 73.6 Å². The molecule has 0 unspecified atom stereocenters. The molecule has 0 spiro atoms. The Morgan fingerprint density at radius 3 is 2.38 bits per heavy atom. The van der Waals surface area contributed by atoms with Crippen molar-refractivity contribution in [3.8, 4) is 22.8 Å². The van der Waals surface area contributed by atoms with Gasteiger partial charge in [-0.2, -0.15) is 5.10 Å². The first-order chi connectivity index (χ1) is 9.90. The number of methoxy groups -OCH3 is 2. The van der Waals surface area contributed by atoms with Crippen LogP contribution in [0.1, 0.15) is 16.1 Å². The lowest BCUT2D eigenvalue weighted by molar-refractivity contribution is 0.0689. The highest BCUT2D eigenvalue weighted by Gasteiger charge is 2.21. The molecule has 6 nitrogen and oxygen atoms in total. The largest absolute Gasteiger partial charge is 0.495 e. The van der Waals surface area contributed by atoms with E-state index in [-0.39, 0.29) is 5.69 Å². The average Bonchev–Trinajstić information content (AvgIpc) is 2.81. The Kier molecular flexibility index (Phi) is 4.09. The Morgan fingerprint density at radius 1 is 1.29 bits per heavy atom. The summed E-state index contributed by atoms with van der Waals surface area (Å²) in [5.41, 5.74) is 2.02. The summed E-state index contributed by atoms with van der Waals surface area (Å²) >= 11 is 6.30. The van der Waals surface area contributed by atoms with Crippen molar-refractivity contribution in [1.82, 2.24) is 9.78 Å². The zero-order valence-corrected chi connectivity index (χ0v) is 12.9. The van der Waals surface area contributed by atoms with E-state index in [0.717, 1.165) is 5.56 Å². The van der Waals surface area contributed by atoms with Gasteiger partial charge in [0, 0.05) is 12.6 Å². The fourth-order valence-corrected chi connectivity index (χ4v) is 2.61. The van der Waals surface area contributed by atoms with Crippen LogP contribution in [0.25, 0.3) is 11.3 Å². The zero-order chi connectivity index (χ0) is 15.7. The molecule has 0 bridgehead atoms. The van der Waals surface area contributed by atoms with E-state index in [9.17, 15) is 4.79 Å². The van der Waals surface area contributed by atoms with E-state index >= 15 is 0 Å². The van der Waals surface area contributed by atoms with E-state index < -0.39 is 5.97 Å². The molecular weight excluding hydrogens is 296 g/mol. The molecule has 0 aliphatic carbocycles. The lowest BCUT2D eigenvalue weighted by atomic mass is 10.1. The van der Waals surface area contributed by atoms with Gasteiger partial charge in [0.1, 0.15) is 10.8 Å².